The molecule has 94 valence electrons. The number of rotatable bonds is 7. The van der Waals surface area contributed by atoms with Crippen LogP contribution in [0.5, 0.6) is 0 Å². The van der Waals surface area contributed by atoms with Crippen LogP contribution in [0.25, 0.3) is 0 Å². The highest BCUT2D eigenvalue weighted by Crippen LogP contribution is 2.17. The lowest BCUT2D eigenvalue weighted by molar-refractivity contribution is 0.241. The second-order valence-electron chi connectivity index (χ2n) is 3.70. The quantitative estimate of drug-likeness (QED) is 0.579. The van der Waals surface area contributed by atoms with Crippen molar-refractivity contribution in [2.75, 3.05) is 18.8 Å². The molecule has 0 fully saturated rings. The van der Waals surface area contributed by atoms with Crippen molar-refractivity contribution >= 4 is 17.8 Å². The largest absolute Gasteiger partial charge is 0.338 e. The fraction of sp³-hybridized carbons (Fsp3) is 0.462. The van der Waals surface area contributed by atoms with Gasteiger partial charge in [-0.05, 0) is 30.7 Å². The van der Waals surface area contributed by atoms with Gasteiger partial charge in [0.2, 0.25) is 0 Å². The number of benzene rings is 1. The highest BCUT2D eigenvalue weighted by molar-refractivity contribution is 7.99. The zero-order valence-electron chi connectivity index (χ0n) is 10.2. The molecule has 0 spiro atoms. The molecule has 0 heterocycles. The molecule has 0 aliphatic rings. The van der Waals surface area contributed by atoms with Crippen LogP contribution in [-0.2, 0) is 0 Å². The van der Waals surface area contributed by atoms with E-state index in [4.69, 9.17) is 0 Å². The first-order chi connectivity index (χ1) is 8.33. The summed E-state index contributed by atoms with van der Waals surface area (Å²) in [4.78, 5) is 12.5. The number of carbonyl (C=O) groups is 1. The van der Waals surface area contributed by atoms with Gasteiger partial charge in [-0.1, -0.05) is 25.1 Å². The first kappa shape index (κ1) is 13.9. The first-order valence-electron chi connectivity index (χ1n) is 6.02. The Kier molecular flexibility index (Phi) is 7.30. The van der Waals surface area contributed by atoms with Gasteiger partial charge in [0.25, 0.3) is 0 Å². The maximum Gasteiger partial charge on any atom is 0.314 e. The van der Waals surface area contributed by atoms with Gasteiger partial charge in [0.15, 0.2) is 0 Å². The molecule has 0 bridgehead atoms. The van der Waals surface area contributed by atoms with Crippen LogP contribution in [0.4, 0.5) is 4.79 Å². The molecule has 0 aliphatic heterocycles. The zero-order chi connectivity index (χ0) is 12.3. The second-order valence-corrected chi connectivity index (χ2v) is 4.87. The fourth-order valence-corrected chi connectivity index (χ4v) is 2.16. The predicted molar refractivity (Wildman–Crippen MR) is 73.5 cm³/mol. The summed E-state index contributed by atoms with van der Waals surface area (Å²) in [6.45, 7) is 3.51. The third-order valence-electron chi connectivity index (χ3n) is 2.15. The Labute approximate surface area is 107 Å². The van der Waals surface area contributed by atoms with E-state index in [0.717, 1.165) is 31.7 Å². The Morgan fingerprint density at radius 2 is 1.88 bits per heavy atom. The van der Waals surface area contributed by atoms with E-state index >= 15 is 0 Å². The summed E-state index contributed by atoms with van der Waals surface area (Å²) in [7, 11) is 0. The molecule has 0 saturated heterocycles. The predicted octanol–water partition coefficient (Wildman–Crippen LogP) is 2.88. The zero-order valence-corrected chi connectivity index (χ0v) is 11.1. The average molecular weight is 252 g/mol. The summed E-state index contributed by atoms with van der Waals surface area (Å²) in [5.41, 5.74) is 0. The van der Waals surface area contributed by atoms with Crippen LogP contribution >= 0.6 is 11.8 Å². The third kappa shape index (κ3) is 6.89. The number of nitrogens with one attached hydrogen (secondary N) is 2. The molecule has 0 unspecified atom stereocenters. The number of amides is 2. The van der Waals surface area contributed by atoms with Gasteiger partial charge in [0.1, 0.15) is 0 Å². The van der Waals surface area contributed by atoms with Gasteiger partial charge in [-0.2, -0.15) is 0 Å². The number of hydrogen-bond donors (Lipinski definition) is 2. The van der Waals surface area contributed by atoms with E-state index in [2.05, 4.69) is 22.8 Å². The summed E-state index contributed by atoms with van der Waals surface area (Å²) < 4.78 is 0. The molecule has 0 aromatic heterocycles. The van der Waals surface area contributed by atoms with E-state index in [0.29, 0.717) is 0 Å². The van der Waals surface area contributed by atoms with E-state index in [1.807, 2.05) is 36.9 Å². The summed E-state index contributed by atoms with van der Waals surface area (Å²) >= 11 is 1.82. The van der Waals surface area contributed by atoms with Gasteiger partial charge in [-0.3, -0.25) is 0 Å². The summed E-state index contributed by atoms with van der Waals surface area (Å²) in [6.07, 6.45) is 1.95. The van der Waals surface area contributed by atoms with E-state index in [9.17, 15) is 4.79 Å². The SMILES string of the molecule is CCCNC(=O)NCCCSc1ccccc1. The molecule has 4 heteroatoms. The van der Waals surface area contributed by atoms with Gasteiger partial charge >= 0.3 is 6.03 Å². The molecule has 3 nitrogen and oxygen atoms in total. The molecular formula is C13H20N2OS. The van der Waals surface area contributed by atoms with Crippen molar-refractivity contribution in [1.82, 2.24) is 10.6 Å². The van der Waals surface area contributed by atoms with Gasteiger partial charge < -0.3 is 10.6 Å². The van der Waals surface area contributed by atoms with Gasteiger partial charge in [-0.15, -0.1) is 11.8 Å². The van der Waals surface area contributed by atoms with Crippen molar-refractivity contribution in [1.29, 1.82) is 0 Å². The molecule has 2 amide bonds. The van der Waals surface area contributed by atoms with Crippen LogP contribution in [0.3, 0.4) is 0 Å². The monoisotopic (exact) mass is 252 g/mol. The Morgan fingerprint density at radius 1 is 1.18 bits per heavy atom. The van der Waals surface area contributed by atoms with E-state index in [-0.39, 0.29) is 6.03 Å². The summed E-state index contributed by atoms with van der Waals surface area (Å²) in [6, 6.07) is 10.2. The van der Waals surface area contributed by atoms with Crippen LogP contribution in [0.2, 0.25) is 0 Å². The van der Waals surface area contributed by atoms with Crippen LogP contribution in [-0.4, -0.2) is 24.9 Å². The van der Waals surface area contributed by atoms with Crippen molar-refractivity contribution in [3.8, 4) is 0 Å². The standard InChI is InChI=1S/C13H20N2OS/c1-2-9-14-13(16)15-10-6-11-17-12-7-4-3-5-8-12/h3-5,7-8H,2,6,9-11H2,1H3,(H2,14,15,16). The number of thioether (sulfide) groups is 1. The molecule has 1 rings (SSSR count). The second kappa shape index (κ2) is 8.93. The number of urea groups is 1. The van der Waals surface area contributed by atoms with Crippen molar-refractivity contribution < 1.29 is 4.79 Å². The molecule has 1 aromatic rings. The number of carbonyl (C=O) groups excluding carboxylic acids is 1. The summed E-state index contributed by atoms with van der Waals surface area (Å²) in [5, 5.41) is 5.62. The van der Waals surface area contributed by atoms with Crippen molar-refractivity contribution in [3.05, 3.63) is 30.3 Å². The van der Waals surface area contributed by atoms with Crippen LogP contribution < -0.4 is 10.6 Å². The number of hydrogen-bond acceptors (Lipinski definition) is 2. The van der Waals surface area contributed by atoms with Crippen molar-refractivity contribution in [2.45, 2.75) is 24.7 Å². The van der Waals surface area contributed by atoms with Crippen molar-refractivity contribution in [3.63, 3.8) is 0 Å². The minimum atomic E-state index is -0.0587. The fourth-order valence-electron chi connectivity index (χ4n) is 1.28. The van der Waals surface area contributed by atoms with Crippen molar-refractivity contribution in [2.24, 2.45) is 0 Å². The third-order valence-corrected chi connectivity index (χ3v) is 3.25. The smallest absolute Gasteiger partial charge is 0.314 e. The van der Waals surface area contributed by atoms with E-state index in [1.165, 1.54) is 4.90 Å². The van der Waals surface area contributed by atoms with Gasteiger partial charge in [0, 0.05) is 18.0 Å². The Balaban J connectivity index is 1.99. The van der Waals surface area contributed by atoms with Gasteiger partial charge in [-0.25, -0.2) is 4.79 Å². The lowest BCUT2D eigenvalue weighted by Gasteiger charge is -2.06. The Bertz CT molecular complexity index is 316. The van der Waals surface area contributed by atoms with E-state index in [1.54, 1.807) is 0 Å². The highest BCUT2D eigenvalue weighted by Gasteiger charge is 1.97. The molecule has 1 aromatic carbocycles. The molecule has 0 radical (unpaired) electrons. The minimum absolute atomic E-state index is 0.0587. The normalized spacial score (nSPS) is 9.94. The lowest BCUT2D eigenvalue weighted by Crippen LogP contribution is -2.36. The average Bonchev–Trinajstić information content (AvgIpc) is 2.37. The molecule has 0 saturated carbocycles. The maximum absolute atomic E-state index is 11.2. The molecule has 17 heavy (non-hydrogen) atoms. The minimum Gasteiger partial charge on any atom is -0.338 e. The van der Waals surface area contributed by atoms with Crippen LogP contribution in [0.1, 0.15) is 19.8 Å². The summed E-state index contributed by atoms with van der Waals surface area (Å²) in [5.74, 6) is 1.03. The maximum atomic E-state index is 11.2. The molecular weight excluding hydrogens is 232 g/mol. The Hall–Kier alpha value is -1.16. The highest BCUT2D eigenvalue weighted by atomic mass is 32.2. The molecule has 0 atom stereocenters. The van der Waals surface area contributed by atoms with Crippen LogP contribution in [0.15, 0.2) is 35.2 Å². The van der Waals surface area contributed by atoms with E-state index < -0.39 is 0 Å². The van der Waals surface area contributed by atoms with Crippen LogP contribution in [0, 0.1) is 0 Å². The molecule has 0 aliphatic carbocycles. The Morgan fingerprint density at radius 3 is 2.59 bits per heavy atom. The molecule has 2 N–H and O–H groups in total. The van der Waals surface area contributed by atoms with Gasteiger partial charge in [0.05, 0.1) is 0 Å². The lowest BCUT2D eigenvalue weighted by atomic mass is 10.4. The topological polar surface area (TPSA) is 41.1 Å². The first-order valence-corrected chi connectivity index (χ1v) is 7.01.